The lowest BCUT2D eigenvalue weighted by molar-refractivity contribution is -0.269. The highest BCUT2D eigenvalue weighted by molar-refractivity contribution is 5.98. The number of allylic oxidation sites excluding steroid dienone is 3. The van der Waals surface area contributed by atoms with Crippen molar-refractivity contribution in [3.8, 4) is 0 Å². The van der Waals surface area contributed by atoms with Crippen molar-refractivity contribution in [1.29, 1.82) is 0 Å². The molecular weight excluding hydrogens is 550 g/mol. The fraction of sp³-hybridized carbons (Fsp3) is 0.700. The van der Waals surface area contributed by atoms with Crippen LogP contribution in [-0.4, -0.2) is 78.4 Å². The summed E-state index contributed by atoms with van der Waals surface area (Å²) in [4.78, 5) is 65.8. The van der Waals surface area contributed by atoms with Gasteiger partial charge in [0.25, 0.3) is 0 Å². The normalized spacial score (nSPS) is 40.7. The van der Waals surface area contributed by atoms with Crippen LogP contribution < -0.4 is 5.73 Å². The Bertz CT molecular complexity index is 1300. The topological polar surface area (TPSA) is 178 Å². The van der Waals surface area contributed by atoms with E-state index in [0.717, 1.165) is 0 Å². The van der Waals surface area contributed by atoms with Crippen LogP contribution in [0, 0.1) is 28.6 Å². The number of fused-ring (bicyclic) bond motifs is 2. The number of rotatable bonds is 6. The van der Waals surface area contributed by atoms with Crippen LogP contribution >= 0.6 is 0 Å². The molecule has 42 heavy (non-hydrogen) atoms. The first kappa shape index (κ1) is 30.4. The monoisotopic (exact) mass is 589 g/mol. The number of nitrogens with two attached hydrogens (primary N) is 1. The molecule has 10 atom stereocenters. The van der Waals surface area contributed by atoms with Crippen LogP contribution in [-0.2, 0) is 47.7 Å². The molecule has 2 saturated carbocycles. The van der Waals surface area contributed by atoms with Gasteiger partial charge in [0, 0.05) is 36.3 Å². The van der Waals surface area contributed by atoms with Gasteiger partial charge < -0.3 is 34.5 Å². The Balaban J connectivity index is 1.63. The Kier molecular flexibility index (Phi) is 7.43. The van der Waals surface area contributed by atoms with Gasteiger partial charge in [-0.3, -0.25) is 9.59 Å². The molecule has 2 saturated heterocycles. The van der Waals surface area contributed by atoms with Crippen LogP contribution in [0.2, 0.25) is 0 Å². The number of Topliss-reactive ketones (excluding diaryl/α,β-unsaturated/α-hetero) is 1. The lowest BCUT2D eigenvalue weighted by atomic mass is 9.38. The molecule has 0 radical (unpaired) electrons. The second-order valence-corrected chi connectivity index (χ2v) is 13.1. The van der Waals surface area contributed by atoms with Crippen molar-refractivity contribution in [3.63, 3.8) is 0 Å². The van der Waals surface area contributed by atoms with Crippen LogP contribution in [0.3, 0.4) is 0 Å². The van der Waals surface area contributed by atoms with Gasteiger partial charge in [0.1, 0.15) is 6.10 Å². The minimum atomic E-state index is -1.77. The Morgan fingerprint density at radius 2 is 1.90 bits per heavy atom. The number of aliphatic hydroxyl groups excluding tert-OH is 1. The third-order valence-corrected chi connectivity index (χ3v) is 10.0. The molecule has 12 nitrogen and oxygen atoms in total. The van der Waals surface area contributed by atoms with Gasteiger partial charge in [-0.25, -0.2) is 14.4 Å². The van der Waals surface area contributed by atoms with Crippen LogP contribution in [0.4, 0.5) is 0 Å². The molecular formula is C30H39NO11. The van der Waals surface area contributed by atoms with Crippen molar-refractivity contribution in [3.05, 3.63) is 23.0 Å². The van der Waals surface area contributed by atoms with Gasteiger partial charge in [0.2, 0.25) is 6.10 Å². The number of carbonyl (C=O) groups excluding carboxylic acids is 5. The minimum absolute atomic E-state index is 0.0526. The summed E-state index contributed by atoms with van der Waals surface area (Å²) in [7, 11) is 1.19. The third-order valence-electron chi connectivity index (χ3n) is 10.0. The Morgan fingerprint density at radius 3 is 2.52 bits per heavy atom. The molecule has 10 unspecified atom stereocenters. The van der Waals surface area contributed by atoms with Crippen molar-refractivity contribution in [2.24, 2.45) is 34.3 Å². The molecule has 3 aliphatic carbocycles. The molecule has 5 aliphatic rings. The van der Waals surface area contributed by atoms with Crippen LogP contribution in [0.15, 0.2) is 23.0 Å². The number of methoxy groups -OCH3 is 1. The van der Waals surface area contributed by atoms with Crippen molar-refractivity contribution < 1.29 is 52.8 Å². The number of hydrogen-bond acceptors (Lipinski definition) is 12. The van der Waals surface area contributed by atoms with Crippen molar-refractivity contribution >= 4 is 29.7 Å². The Hall–Kier alpha value is -3.09. The highest BCUT2D eigenvalue weighted by atomic mass is 16.6. The van der Waals surface area contributed by atoms with Crippen LogP contribution in [0.5, 0.6) is 0 Å². The predicted octanol–water partition coefficient (Wildman–Crippen LogP) is 1.27. The van der Waals surface area contributed by atoms with Gasteiger partial charge in [-0.05, 0) is 51.0 Å². The lowest BCUT2D eigenvalue weighted by Gasteiger charge is -2.66. The summed E-state index contributed by atoms with van der Waals surface area (Å²) in [6.07, 6.45) is -2.45. The summed E-state index contributed by atoms with van der Waals surface area (Å²) >= 11 is 0. The number of hydrogen-bond donors (Lipinski definition) is 2. The second-order valence-electron chi connectivity index (χ2n) is 13.1. The molecule has 12 heteroatoms. The molecule has 0 aromatic rings. The first-order valence-corrected chi connectivity index (χ1v) is 14.3. The van der Waals surface area contributed by atoms with Gasteiger partial charge in [0.15, 0.2) is 17.1 Å². The quantitative estimate of drug-likeness (QED) is 0.258. The zero-order chi connectivity index (χ0) is 30.9. The molecule has 3 N–H and O–H groups in total. The predicted molar refractivity (Wildman–Crippen MR) is 143 cm³/mol. The van der Waals surface area contributed by atoms with E-state index in [1.807, 2.05) is 6.92 Å². The number of aliphatic hydroxyl groups is 1. The summed E-state index contributed by atoms with van der Waals surface area (Å²) in [5.41, 5.74) is 3.05. The van der Waals surface area contributed by atoms with E-state index in [4.69, 9.17) is 29.4 Å². The summed E-state index contributed by atoms with van der Waals surface area (Å²) in [6, 6.07) is -0.455. The smallest absolute Gasteiger partial charge is 0.348 e. The van der Waals surface area contributed by atoms with E-state index in [2.05, 4.69) is 0 Å². The van der Waals surface area contributed by atoms with Crippen LogP contribution in [0.1, 0.15) is 60.3 Å². The first-order valence-electron chi connectivity index (χ1n) is 14.3. The largest absolute Gasteiger partial charge is 0.467 e. The second kappa shape index (κ2) is 10.3. The summed E-state index contributed by atoms with van der Waals surface area (Å²) in [6.45, 7) is 8.57. The Morgan fingerprint density at radius 1 is 1.21 bits per heavy atom. The summed E-state index contributed by atoms with van der Waals surface area (Å²) in [5, 5.41) is 11.8. The van der Waals surface area contributed by atoms with Crippen molar-refractivity contribution in [2.45, 2.75) is 90.3 Å². The van der Waals surface area contributed by atoms with E-state index >= 15 is 0 Å². The van der Waals surface area contributed by atoms with E-state index in [-0.39, 0.29) is 38.0 Å². The zero-order valence-electron chi connectivity index (χ0n) is 24.8. The molecule has 2 heterocycles. The maximum absolute atomic E-state index is 13.6. The maximum Gasteiger partial charge on any atom is 0.348 e. The van der Waals surface area contributed by atoms with Crippen LogP contribution in [0.25, 0.3) is 0 Å². The molecule has 2 aliphatic heterocycles. The van der Waals surface area contributed by atoms with E-state index < -0.39 is 88.2 Å². The van der Waals surface area contributed by atoms with E-state index in [1.165, 1.54) is 13.2 Å². The highest BCUT2D eigenvalue weighted by Gasteiger charge is 2.82. The van der Waals surface area contributed by atoms with Gasteiger partial charge in [-0.2, -0.15) is 0 Å². The van der Waals surface area contributed by atoms with Crippen molar-refractivity contribution in [1.82, 2.24) is 0 Å². The van der Waals surface area contributed by atoms with Gasteiger partial charge in [0.05, 0.1) is 32.2 Å². The summed E-state index contributed by atoms with van der Waals surface area (Å²) < 4.78 is 28.6. The molecule has 4 fully saturated rings. The maximum atomic E-state index is 13.6. The fourth-order valence-electron chi connectivity index (χ4n) is 8.83. The molecule has 0 amide bonds. The van der Waals surface area contributed by atoms with E-state index in [9.17, 15) is 29.1 Å². The lowest BCUT2D eigenvalue weighted by Crippen LogP contribution is -2.75. The molecule has 5 rings (SSSR count). The number of carbonyl (C=O) groups is 5. The van der Waals surface area contributed by atoms with E-state index in [0.29, 0.717) is 11.1 Å². The fourth-order valence-corrected chi connectivity index (χ4v) is 8.83. The molecule has 2 bridgehead atoms. The van der Waals surface area contributed by atoms with Gasteiger partial charge >= 0.3 is 23.9 Å². The van der Waals surface area contributed by atoms with Crippen molar-refractivity contribution in [2.75, 3.05) is 13.7 Å². The number of esters is 4. The molecule has 1 spiro atoms. The first-order chi connectivity index (χ1) is 19.6. The van der Waals surface area contributed by atoms with Gasteiger partial charge in [-0.15, -0.1) is 0 Å². The standard InChI is InChI=1S/C30H39NO11/c1-13(2)7-20(34)42-23-25-29-12-39-30(25,27(37)38-6)11-18(33)24(29)28(5)10-17(32)22(41-21(35)8-14(3)31)15(4)16(28)9-19(29)40-26(23)36/h7,14,16,18-19,23-25,33H,8-12,31H2,1-6H3. The SMILES string of the molecule is COC(=O)C12CC(O)C3C4(C)CC(=O)C(OC(=O)CC(C)N)=C(C)C4CC4OC(=O)C(OC(=O)C=C(C)C)C1C43CO2. The molecule has 230 valence electrons. The average molecular weight is 590 g/mol. The van der Waals surface area contributed by atoms with E-state index in [1.54, 1.807) is 27.7 Å². The molecule has 0 aromatic heterocycles. The summed E-state index contributed by atoms with van der Waals surface area (Å²) in [5.74, 6) is -5.64. The van der Waals surface area contributed by atoms with Gasteiger partial charge in [-0.1, -0.05) is 12.5 Å². The number of ketones is 1. The average Bonchev–Trinajstić information content (AvgIpc) is 3.12. The Labute approximate surface area is 243 Å². The number of ether oxygens (including phenoxy) is 5. The highest BCUT2D eigenvalue weighted by Crippen LogP contribution is 2.72. The molecule has 0 aromatic carbocycles. The minimum Gasteiger partial charge on any atom is -0.467 e. The zero-order valence-corrected chi connectivity index (χ0v) is 24.8. The third kappa shape index (κ3) is 4.24.